The number of aryl methyl sites for hydroxylation is 1. The summed E-state index contributed by atoms with van der Waals surface area (Å²) in [5.41, 5.74) is 2.76. The monoisotopic (exact) mass is 265 g/mol. The first-order valence-corrected chi connectivity index (χ1v) is 5.78. The molecule has 0 radical (unpaired) electrons. The van der Waals surface area contributed by atoms with Crippen LogP contribution >= 0.6 is 15.9 Å². The zero-order valence-corrected chi connectivity index (χ0v) is 10.3. The lowest BCUT2D eigenvalue weighted by molar-refractivity contribution is 0.0997. The summed E-state index contributed by atoms with van der Waals surface area (Å²) in [5, 5.41) is 1.01. The van der Waals surface area contributed by atoms with Gasteiger partial charge < -0.3 is 4.98 Å². The third-order valence-electron chi connectivity index (χ3n) is 2.50. The van der Waals surface area contributed by atoms with Crippen LogP contribution in [0.15, 0.2) is 24.3 Å². The molecule has 1 atom stereocenters. The average molecular weight is 266 g/mol. The van der Waals surface area contributed by atoms with Gasteiger partial charge in [0.1, 0.15) is 0 Å². The van der Waals surface area contributed by atoms with Gasteiger partial charge in [0.15, 0.2) is 5.78 Å². The lowest BCUT2D eigenvalue weighted by Crippen LogP contribution is -2.10. The van der Waals surface area contributed by atoms with Crippen molar-refractivity contribution in [2.75, 3.05) is 0 Å². The first kappa shape index (κ1) is 10.4. The standard InChI is InChI=1S/C12H12BrNO/c1-7(13)12(15)11-8(2)14-10-6-4-3-5-9(10)11/h3-7,14H,1-2H3/t7-/m1/s1. The van der Waals surface area contributed by atoms with E-state index in [9.17, 15) is 4.79 Å². The van der Waals surface area contributed by atoms with Crippen LogP contribution in [0.3, 0.4) is 0 Å². The van der Waals surface area contributed by atoms with E-state index < -0.39 is 0 Å². The van der Waals surface area contributed by atoms with Gasteiger partial charge in [-0.3, -0.25) is 4.79 Å². The van der Waals surface area contributed by atoms with E-state index in [2.05, 4.69) is 20.9 Å². The Morgan fingerprint density at radius 2 is 2.07 bits per heavy atom. The summed E-state index contributed by atoms with van der Waals surface area (Å²) in [7, 11) is 0. The molecule has 2 nitrogen and oxygen atoms in total. The number of hydrogen-bond donors (Lipinski definition) is 1. The molecule has 0 aliphatic rings. The van der Waals surface area contributed by atoms with Crippen LogP contribution in [0.25, 0.3) is 10.9 Å². The quantitative estimate of drug-likeness (QED) is 0.655. The van der Waals surface area contributed by atoms with Crippen LogP contribution < -0.4 is 0 Å². The first-order valence-electron chi connectivity index (χ1n) is 4.87. The molecular formula is C12H12BrNO. The summed E-state index contributed by atoms with van der Waals surface area (Å²) in [6.45, 7) is 3.78. The van der Waals surface area contributed by atoms with Crippen LogP contribution in [0.5, 0.6) is 0 Å². The van der Waals surface area contributed by atoms with Crippen molar-refractivity contribution in [3.8, 4) is 0 Å². The highest BCUT2D eigenvalue weighted by Crippen LogP contribution is 2.24. The zero-order chi connectivity index (χ0) is 11.0. The van der Waals surface area contributed by atoms with E-state index in [1.54, 1.807) is 0 Å². The second kappa shape index (κ2) is 3.81. The Labute approximate surface area is 96.8 Å². The number of rotatable bonds is 2. The highest BCUT2D eigenvalue weighted by atomic mass is 79.9. The van der Waals surface area contributed by atoms with E-state index in [4.69, 9.17) is 0 Å². The fraction of sp³-hybridized carbons (Fsp3) is 0.250. The van der Waals surface area contributed by atoms with Crippen molar-refractivity contribution in [3.63, 3.8) is 0 Å². The van der Waals surface area contributed by atoms with Crippen LogP contribution in [0.1, 0.15) is 23.0 Å². The van der Waals surface area contributed by atoms with Crippen molar-refractivity contribution < 1.29 is 4.79 Å². The molecule has 0 fully saturated rings. The van der Waals surface area contributed by atoms with Gasteiger partial charge in [-0.2, -0.15) is 0 Å². The molecule has 0 unspecified atom stereocenters. The molecule has 1 aromatic heterocycles. The van der Waals surface area contributed by atoms with E-state index in [1.807, 2.05) is 38.1 Å². The van der Waals surface area contributed by atoms with E-state index in [1.165, 1.54) is 0 Å². The van der Waals surface area contributed by atoms with Crippen molar-refractivity contribution in [2.24, 2.45) is 0 Å². The molecule has 1 aromatic carbocycles. The van der Waals surface area contributed by atoms with Gasteiger partial charge in [0, 0.05) is 22.2 Å². The Morgan fingerprint density at radius 1 is 1.40 bits per heavy atom. The lowest BCUT2D eigenvalue weighted by Gasteiger charge is -2.02. The maximum absolute atomic E-state index is 12.0. The second-order valence-corrected chi connectivity index (χ2v) is 5.02. The number of carbonyl (C=O) groups is 1. The molecule has 15 heavy (non-hydrogen) atoms. The van der Waals surface area contributed by atoms with Gasteiger partial charge in [0.25, 0.3) is 0 Å². The smallest absolute Gasteiger partial charge is 0.178 e. The van der Waals surface area contributed by atoms with Crippen LogP contribution in [0.4, 0.5) is 0 Å². The molecule has 0 spiro atoms. The summed E-state index contributed by atoms with van der Waals surface area (Å²) in [5.74, 6) is 0.130. The Hall–Kier alpha value is -1.09. The number of H-pyrrole nitrogens is 1. The number of alkyl halides is 1. The molecule has 1 N–H and O–H groups in total. The molecule has 0 aliphatic carbocycles. The number of Topliss-reactive ketones (excluding diaryl/α,β-unsaturated/α-hetero) is 1. The number of para-hydroxylation sites is 1. The van der Waals surface area contributed by atoms with Crippen LogP contribution in [0.2, 0.25) is 0 Å². The van der Waals surface area contributed by atoms with E-state index >= 15 is 0 Å². The summed E-state index contributed by atoms with van der Waals surface area (Å²) in [4.78, 5) is 15.1. The van der Waals surface area contributed by atoms with E-state index in [0.29, 0.717) is 0 Å². The van der Waals surface area contributed by atoms with Gasteiger partial charge in [-0.1, -0.05) is 34.1 Å². The van der Waals surface area contributed by atoms with Gasteiger partial charge in [-0.25, -0.2) is 0 Å². The SMILES string of the molecule is Cc1[nH]c2ccccc2c1C(=O)[C@@H](C)Br. The molecule has 3 heteroatoms. The molecule has 78 valence electrons. The normalized spacial score (nSPS) is 13.0. The fourth-order valence-electron chi connectivity index (χ4n) is 1.79. The Morgan fingerprint density at radius 3 is 2.73 bits per heavy atom. The Kier molecular flexibility index (Phi) is 2.65. The molecule has 0 amide bonds. The van der Waals surface area contributed by atoms with Crippen molar-refractivity contribution >= 4 is 32.6 Å². The van der Waals surface area contributed by atoms with Crippen LogP contribution in [0, 0.1) is 6.92 Å². The predicted molar refractivity (Wildman–Crippen MR) is 65.8 cm³/mol. The lowest BCUT2D eigenvalue weighted by atomic mass is 10.1. The summed E-state index contributed by atoms with van der Waals surface area (Å²) in [6.07, 6.45) is 0. The van der Waals surface area contributed by atoms with Gasteiger partial charge in [-0.05, 0) is 19.9 Å². The number of ketones is 1. The number of fused-ring (bicyclic) bond motifs is 1. The minimum atomic E-state index is -0.143. The van der Waals surface area contributed by atoms with Crippen molar-refractivity contribution in [3.05, 3.63) is 35.5 Å². The number of aromatic nitrogens is 1. The van der Waals surface area contributed by atoms with Crippen LogP contribution in [-0.4, -0.2) is 15.6 Å². The second-order valence-electron chi connectivity index (χ2n) is 3.65. The number of carbonyl (C=O) groups excluding carboxylic acids is 1. The third kappa shape index (κ3) is 1.72. The van der Waals surface area contributed by atoms with Crippen LogP contribution in [-0.2, 0) is 0 Å². The molecule has 0 saturated carbocycles. The van der Waals surface area contributed by atoms with Gasteiger partial charge in [-0.15, -0.1) is 0 Å². The summed E-state index contributed by atoms with van der Waals surface area (Å²) >= 11 is 3.32. The number of benzene rings is 1. The molecular weight excluding hydrogens is 254 g/mol. The van der Waals surface area contributed by atoms with Crippen molar-refractivity contribution in [1.82, 2.24) is 4.98 Å². The molecule has 2 rings (SSSR count). The Bertz CT molecular complexity index is 513. The Balaban J connectivity index is 2.69. The molecule has 0 bridgehead atoms. The molecule has 1 heterocycles. The fourth-order valence-corrected chi connectivity index (χ4v) is 2.02. The summed E-state index contributed by atoms with van der Waals surface area (Å²) in [6, 6.07) is 7.87. The van der Waals surface area contributed by atoms with E-state index in [0.717, 1.165) is 22.2 Å². The number of aromatic amines is 1. The van der Waals surface area contributed by atoms with Crippen molar-refractivity contribution in [1.29, 1.82) is 0 Å². The molecule has 0 aliphatic heterocycles. The van der Waals surface area contributed by atoms with Gasteiger partial charge in [0.2, 0.25) is 0 Å². The average Bonchev–Trinajstić information content (AvgIpc) is 2.52. The van der Waals surface area contributed by atoms with Crippen molar-refractivity contribution in [2.45, 2.75) is 18.7 Å². The highest BCUT2D eigenvalue weighted by Gasteiger charge is 2.18. The largest absolute Gasteiger partial charge is 0.358 e. The first-order chi connectivity index (χ1) is 7.11. The third-order valence-corrected chi connectivity index (χ3v) is 2.92. The number of hydrogen-bond acceptors (Lipinski definition) is 1. The van der Waals surface area contributed by atoms with E-state index in [-0.39, 0.29) is 10.6 Å². The molecule has 2 aromatic rings. The van der Waals surface area contributed by atoms with Gasteiger partial charge >= 0.3 is 0 Å². The number of nitrogens with one attached hydrogen (secondary N) is 1. The minimum Gasteiger partial charge on any atom is -0.358 e. The minimum absolute atomic E-state index is 0.130. The predicted octanol–water partition coefficient (Wildman–Crippen LogP) is 3.44. The maximum atomic E-state index is 12.0. The number of halogens is 1. The zero-order valence-electron chi connectivity index (χ0n) is 8.67. The highest BCUT2D eigenvalue weighted by molar-refractivity contribution is 9.10. The topological polar surface area (TPSA) is 32.9 Å². The van der Waals surface area contributed by atoms with Gasteiger partial charge in [0.05, 0.1) is 4.83 Å². The summed E-state index contributed by atoms with van der Waals surface area (Å²) < 4.78 is 0. The maximum Gasteiger partial charge on any atom is 0.178 e. The molecule has 0 saturated heterocycles.